The van der Waals surface area contributed by atoms with Gasteiger partial charge in [0.05, 0.1) is 6.61 Å². The summed E-state index contributed by atoms with van der Waals surface area (Å²) in [7, 11) is 0. The summed E-state index contributed by atoms with van der Waals surface area (Å²) < 4.78 is 25.0. The van der Waals surface area contributed by atoms with Crippen molar-refractivity contribution in [1.82, 2.24) is 0 Å². The normalized spacial score (nSPS) is 15.5. The largest absolute Gasteiger partial charge is 0.467 e. The van der Waals surface area contributed by atoms with Crippen molar-refractivity contribution >= 4 is 17.3 Å². The Balaban J connectivity index is 1.50. The highest BCUT2D eigenvalue weighted by Gasteiger charge is 2.24. The number of hydrogen-bond donors (Lipinski definition) is 1. The second kappa shape index (κ2) is 7.67. The van der Waals surface area contributed by atoms with Crippen LogP contribution in [0.5, 0.6) is 5.75 Å². The van der Waals surface area contributed by atoms with Gasteiger partial charge < -0.3 is 19.7 Å². The van der Waals surface area contributed by atoms with E-state index in [-0.39, 0.29) is 23.9 Å². The van der Waals surface area contributed by atoms with Gasteiger partial charge in [0.2, 0.25) is 5.91 Å². The maximum absolute atomic E-state index is 14.0. The van der Waals surface area contributed by atoms with Gasteiger partial charge in [-0.25, -0.2) is 4.39 Å². The van der Waals surface area contributed by atoms with Gasteiger partial charge in [-0.2, -0.15) is 0 Å². The number of benzene rings is 2. The van der Waals surface area contributed by atoms with Crippen LogP contribution in [0.25, 0.3) is 0 Å². The maximum atomic E-state index is 14.0. The van der Waals surface area contributed by atoms with E-state index in [1.807, 2.05) is 39.0 Å². The van der Waals surface area contributed by atoms with Crippen LogP contribution in [0.4, 0.5) is 15.8 Å². The summed E-state index contributed by atoms with van der Waals surface area (Å²) in [5.74, 6) is 0.486. The van der Waals surface area contributed by atoms with E-state index < -0.39 is 0 Å². The molecule has 6 heteroatoms. The third-order valence-corrected chi connectivity index (χ3v) is 5.16. The number of carbonyl (C=O) groups excluding carboxylic acids is 1. The summed E-state index contributed by atoms with van der Waals surface area (Å²) in [6, 6.07) is 9.03. The minimum Gasteiger partial charge on any atom is -0.467 e. The third kappa shape index (κ3) is 4.53. The summed E-state index contributed by atoms with van der Waals surface area (Å²) in [5, 5.41) is 3.00. The number of ether oxygens (including phenoxy) is 2. The molecule has 4 rings (SSSR count). The van der Waals surface area contributed by atoms with Gasteiger partial charge in [0.25, 0.3) is 0 Å². The molecule has 0 radical (unpaired) electrons. The molecule has 0 aromatic heterocycles. The van der Waals surface area contributed by atoms with Gasteiger partial charge in [0.15, 0.2) is 6.79 Å². The molecular formula is C23H27FN2O3. The zero-order valence-corrected chi connectivity index (χ0v) is 17.2. The minimum absolute atomic E-state index is 0.0260. The first kappa shape index (κ1) is 19.7. The van der Waals surface area contributed by atoms with Crippen LogP contribution in [0, 0.1) is 11.2 Å². The number of nitrogens with zero attached hydrogens (tertiary/aromatic N) is 1. The summed E-state index contributed by atoms with van der Waals surface area (Å²) in [5.41, 5.74) is 4.66. The van der Waals surface area contributed by atoms with Crippen molar-refractivity contribution in [2.45, 2.75) is 46.8 Å². The lowest BCUT2D eigenvalue weighted by molar-refractivity contribution is -0.117. The minimum atomic E-state index is -0.274. The quantitative estimate of drug-likeness (QED) is 0.816. The molecule has 2 aliphatic rings. The highest BCUT2D eigenvalue weighted by molar-refractivity contribution is 5.91. The Morgan fingerprint density at radius 2 is 2.03 bits per heavy atom. The van der Waals surface area contributed by atoms with E-state index in [0.717, 1.165) is 41.2 Å². The number of hydrogen-bond acceptors (Lipinski definition) is 4. The van der Waals surface area contributed by atoms with E-state index in [1.54, 1.807) is 6.07 Å². The second-order valence-corrected chi connectivity index (χ2v) is 8.96. The first-order chi connectivity index (χ1) is 13.8. The molecule has 2 aromatic carbocycles. The van der Waals surface area contributed by atoms with Crippen molar-refractivity contribution in [3.8, 4) is 5.75 Å². The van der Waals surface area contributed by atoms with Crippen molar-refractivity contribution < 1.29 is 18.7 Å². The first-order valence-corrected chi connectivity index (χ1v) is 9.98. The van der Waals surface area contributed by atoms with Gasteiger partial charge in [0, 0.05) is 42.0 Å². The molecule has 0 spiro atoms. The van der Waals surface area contributed by atoms with Gasteiger partial charge in [-0.3, -0.25) is 4.79 Å². The topological polar surface area (TPSA) is 50.8 Å². The Kier molecular flexibility index (Phi) is 5.21. The lowest BCUT2D eigenvalue weighted by Crippen LogP contribution is -2.22. The van der Waals surface area contributed by atoms with E-state index >= 15 is 0 Å². The fraction of sp³-hybridized carbons (Fsp3) is 0.435. The van der Waals surface area contributed by atoms with Crippen molar-refractivity contribution in [2.24, 2.45) is 5.41 Å². The van der Waals surface area contributed by atoms with Gasteiger partial charge in [0.1, 0.15) is 11.6 Å². The molecule has 0 atom stereocenters. The van der Waals surface area contributed by atoms with E-state index in [4.69, 9.17) is 9.47 Å². The zero-order chi connectivity index (χ0) is 20.6. The lowest BCUT2D eigenvalue weighted by atomic mass is 9.92. The molecular weight excluding hydrogens is 371 g/mol. The molecule has 0 unspecified atom stereocenters. The maximum Gasteiger partial charge on any atom is 0.224 e. The average Bonchev–Trinajstić information content (AvgIpc) is 3.02. The molecule has 0 bridgehead atoms. The molecule has 2 aromatic rings. The predicted octanol–water partition coefficient (Wildman–Crippen LogP) is 4.63. The smallest absolute Gasteiger partial charge is 0.224 e. The summed E-state index contributed by atoms with van der Waals surface area (Å²) in [6.07, 6.45) is 1.37. The number of halogens is 1. The standard InChI is InChI=1S/C23H27FN2O3/c1-23(2,3)11-21(27)25-19-4-5-20-15(10-19)6-7-26(20)12-16-8-18(24)9-17-13-28-14-29-22(16)17/h4-5,8-10H,6-7,11-14H2,1-3H3,(H,25,27). The molecule has 0 saturated heterocycles. The lowest BCUT2D eigenvalue weighted by Gasteiger charge is -2.25. The molecule has 2 heterocycles. The molecule has 1 N–H and O–H groups in total. The summed E-state index contributed by atoms with van der Waals surface area (Å²) in [4.78, 5) is 14.4. The van der Waals surface area contributed by atoms with Crippen LogP contribution >= 0.6 is 0 Å². The second-order valence-electron chi connectivity index (χ2n) is 8.96. The number of fused-ring (bicyclic) bond motifs is 2. The van der Waals surface area contributed by atoms with Crippen LogP contribution < -0.4 is 15.0 Å². The molecule has 0 aliphatic carbocycles. The Bertz CT molecular complexity index is 936. The van der Waals surface area contributed by atoms with Crippen molar-refractivity contribution in [1.29, 1.82) is 0 Å². The van der Waals surface area contributed by atoms with Crippen LogP contribution in [0.2, 0.25) is 0 Å². The van der Waals surface area contributed by atoms with E-state index in [9.17, 15) is 9.18 Å². The van der Waals surface area contributed by atoms with Crippen molar-refractivity contribution in [3.63, 3.8) is 0 Å². The van der Waals surface area contributed by atoms with Crippen molar-refractivity contribution in [3.05, 3.63) is 52.8 Å². The Labute approximate surface area is 170 Å². The Morgan fingerprint density at radius 3 is 2.83 bits per heavy atom. The SMILES string of the molecule is CC(C)(C)CC(=O)Nc1ccc2c(c1)CCN2Cc1cc(F)cc2c1OCOC2. The Morgan fingerprint density at radius 1 is 1.21 bits per heavy atom. The first-order valence-electron chi connectivity index (χ1n) is 9.98. The van der Waals surface area contributed by atoms with Crippen molar-refractivity contribution in [2.75, 3.05) is 23.6 Å². The van der Waals surface area contributed by atoms with Gasteiger partial charge in [-0.15, -0.1) is 0 Å². The van der Waals surface area contributed by atoms with Crippen LogP contribution in [0.1, 0.15) is 43.9 Å². The predicted molar refractivity (Wildman–Crippen MR) is 111 cm³/mol. The molecule has 154 valence electrons. The van der Waals surface area contributed by atoms with Gasteiger partial charge >= 0.3 is 0 Å². The summed E-state index contributed by atoms with van der Waals surface area (Å²) in [6.45, 7) is 8.13. The average molecular weight is 398 g/mol. The molecule has 1 amide bonds. The molecule has 0 fully saturated rings. The fourth-order valence-corrected chi connectivity index (χ4v) is 3.98. The highest BCUT2D eigenvalue weighted by atomic mass is 19.1. The van der Waals surface area contributed by atoms with Crippen LogP contribution in [-0.4, -0.2) is 19.2 Å². The third-order valence-electron chi connectivity index (χ3n) is 5.16. The summed E-state index contributed by atoms with van der Waals surface area (Å²) >= 11 is 0. The fourth-order valence-electron chi connectivity index (χ4n) is 3.98. The monoisotopic (exact) mass is 398 g/mol. The number of anilines is 2. The zero-order valence-electron chi connectivity index (χ0n) is 17.2. The molecule has 2 aliphatic heterocycles. The van der Waals surface area contributed by atoms with Crippen LogP contribution in [0.3, 0.4) is 0 Å². The Hall–Kier alpha value is -2.60. The number of nitrogens with one attached hydrogen (secondary N) is 1. The van der Waals surface area contributed by atoms with Gasteiger partial charge in [-0.05, 0) is 47.7 Å². The molecule has 5 nitrogen and oxygen atoms in total. The number of rotatable bonds is 4. The number of amides is 1. The molecule has 0 saturated carbocycles. The number of carbonyl (C=O) groups is 1. The van der Waals surface area contributed by atoms with Gasteiger partial charge in [-0.1, -0.05) is 20.8 Å². The highest BCUT2D eigenvalue weighted by Crippen LogP contribution is 2.35. The molecule has 29 heavy (non-hydrogen) atoms. The van der Waals surface area contributed by atoms with E-state index in [0.29, 0.717) is 19.6 Å². The van der Waals surface area contributed by atoms with E-state index in [1.165, 1.54) is 11.6 Å². The van der Waals surface area contributed by atoms with E-state index in [2.05, 4.69) is 10.2 Å². The van der Waals surface area contributed by atoms with Crippen LogP contribution in [0.15, 0.2) is 30.3 Å². The van der Waals surface area contributed by atoms with Crippen LogP contribution in [-0.2, 0) is 29.1 Å².